The first-order valence-corrected chi connectivity index (χ1v) is 11.8. The van der Waals surface area contributed by atoms with Crippen LogP contribution in [0.1, 0.15) is 63.0 Å². The van der Waals surface area contributed by atoms with Crippen LogP contribution in [0.15, 0.2) is 48.5 Å². The highest BCUT2D eigenvalue weighted by atomic mass is 16.6. The number of hydrogen-bond acceptors (Lipinski definition) is 6. The number of alkyl carbamates (subject to hydrolysis) is 2. The molecule has 0 unspecified atom stereocenters. The summed E-state index contributed by atoms with van der Waals surface area (Å²) in [5.74, 6) is -1.68. The number of rotatable bonds is 8. The number of anilines is 1. The predicted octanol–water partition coefficient (Wildman–Crippen LogP) is 4.47. The number of carboxylic acids is 1. The zero-order valence-corrected chi connectivity index (χ0v) is 22.1. The van der Waals surface area contributed by atoms with Crippen LogP contribution < -0.4 is 15.5 Å². The molecule has 2 aromatic rings. The number of hydrogen-bond donors (Lipinski definition) is 3. The third kappa shape index (κ3) is 10.2. The zero-order valence-electron chi connectivity index (χ0n) is 22.1. The Morgan fingerprint density at radius 1 is 0.784 bits per heavy atom. The van der Waals surface area contributed by atoms with Gasteiger partial charge in [-0.15, -0.1) is 0 Å². The number of amides is 3. The molecule has 200 valence electrons. The van der Waals surface area contributed by atoms with Crippen LogP contribution >= 0.6 is 0 Å². The van der Waals surface area contributed by atoms with Crippen molar-refractivity contribution in [2.24, 2.45) is 0 Å². The van der Waals surface area contributed by atoms with Crippen LogP contribution in [0, 0.1) is 0 Å². The molecule has 10 heteroatoms. The maximum Gasteiger partial charge on any atom is 0.407 e. The number of benzene rings is 2. The van der Waals surface area contributed by atoms with Gasteiger partial charge in [-0.25, -0.2) is 9.59 Å². The van der Waals surface area contributed by atoms with Gasteiger partial charge in [-0.1, -0.05) is 24.3 Å². The fourth-order valence-electron chi connectivity index (χ4n) is 3.23. The van der Waals surface area contributed by atoms with Crippen molar-refractivity contribution in [3.63, 3.8) is 0 Å². The Morgan fingerprint density at radius 2 is 1.30 bits per heavy atom. The standard InChI is InChI=1S/C27H35N3O7/c1-26(2,3)36-24(34)28-15-19-12-13-21(14-20(19)16-29-25(35)37-27(4,5)6)30(17-22(31)32)23(33)18-10-8-7-9-11-18/h7-14H,15-17H2,1-6H3,(H,28,34)(H,29,35)(H,31,32). The third-order valence-corrected chi connectivity index (χ3v) is 4.70. The molecule has 0 saturated carbocycles. The van der Waals surface area contributed by atoms with E-state index in [0.717, 1.165) is 4.90 Å². The number of ether oxygens (including phenoxy) is 2. The molecule has 0 heterocycles. The highest BCUT2D eigenvalue weighted by Gasteiger charge is 2.23. The van der Waals surface area contributed by atoms with Crippen LogP contribution in [-0.2, 0) is 27.4 Å². The van der Waals surface area contributed by atoms with Crippen LogP contribution in [0.2, 0.25) is 0 Å². The molecule has 2 aromatic carbocycles. The first-order valence-electron chi connectivity index (χ1n) is 11.8. The van der Waals surface area contributed by atoms with E-state index < -0.39 is 41.8 Å². The van der Waals surface area contributed by atoms with E-state index in [1.807, 2.05) is 0 Å². The van der Waals surface area contributed by atoms with Crippen LogP contribution in [0.25, 0.3) is 0 Å². The Hall–Kier alpha value is -4.08. The summed E-state index contributed by atoms with van der Waals surface area (Å²) in [4.78, 5) is 50.3. The molecule has 2 rings (SSSR count). The summed E-state index contributed by atoms with van der Waals surface area (Å²) in [6.07, 6.45) is -1.26. The molecular weight excluding hydrogens is 478 g/mol. The maximum atomic E-state index is 13.1. The molecule has 3 amide bonds. The topological polar surface area (TPSA) is 134 Å². The lowest BCUT2D eigenvalue weighted by atomic mass is 10.0. The Bertz CT molecular complexity index is 1120. The van der Waals surface area contributed by atoms with Crippen LogP contribution in [0.3, 0.4) is 0 Å². The molecule has 0 bridgehead atoms. The van der Waals surface area contributed by atoms with E-state index >= 15 is 0 Å². The van der Waals surface area contributed by atoms with Gasteiger partial charge in [-0.3, -0.25) is 14.5 Å². The van der Waals surface area contributed by atoms with Crippen LogP contribution in [-0.4, -0.2) is 46.9 Å². The number of carbonyl (C=O) groups is 4. The Labute approximate surface area is 216 Å². The van der Waals surface area contributed by atoms with Crippen molar-refractivity contribution in [2.45, 2.75) is 65.8 Å². The Kier molecular flexibility index (Phi) is 9.65. The lowest BCUT2D eigenvalue weighted by Crippen LogP contribution is -2.36. The SMILES string of the molecule is CC(C)(C)OC(=O)NCc1ccc(N(CC(=O)O)C(=O)c2ccccc2)cc1CNC(=O)OC(C)(C)C. The number of nitrogens with one attached hydrogen (secondary N) is 2. The number of nitrogens with zero attached hydrogens (tertiary/aromatic N) is 1. The van der Waals surface area contributed by atoms with Crippen molar-refractivity contribution in [1.29, 1.82) is 0 Å². The van der Waals surface area contributed by atoms with Crippen molar-refractivity contribution in [1.82, 2.24) is 10.6 Å². The molecule has 37 heavy (non-hydrogen) atoms. The summed E-state index contributed by atoms with van der Waals surface area (Å²) in [5.41, 5.74) is 0.451. The van der Waals surface area contributed by atoms with E-state index in [1.54, 1.807) is 90.1 Å². The summed E-state index contributed by atoms with van der Waals surface area (Å²) in [6.45, 7) is 9.98. The fraction of sp³-hybridized carbons (Fsp3) is 0.407. The summed E-state index contributed by atoms with van der Waals surface area (Å²) >= 11 is 0. The molecule has 3 N–H and O–H groups in total. The lowest BCUT2D eigenvalue weighted by molar-refractivity contribution is -0.135. The highest BCUT2D eigenvalue weighted by Crippen LogP contribution is 2.23. The van der Waals surface area contributed by atoms with Crippen molar-refractivity contribution < 1.29 is 33.8 Å². The van der Waals surface area contributed by atoms with Gasteiger partial charge in [-0.05, 0) is 76.9 Å². The highest BCUT2D eigenvalue weighted by molar-refractivity contribution is 6.08. The van der Waals surface area contributed by atoms with Gasteiger partial charge in [0, 0.05) is 24.3 Å². The van der Waals surface area contributed by atoms with Gasteiger partial charge in [0.1, 0.15) is 17.7 Å². The summed E-state index contributed by atoms with van der Waals surface area (Å²) in [5, 5.41) is 14.8. The summed E-state index contributed by atoms with van der Waals surface area (Å²) in [6, 6.07) is 13.2. The van der Waals surface area contributed by atoms with Crippen molar-refractivity contribution in [3.8, 4) is 0 Å². The average Bonchev–Trinajstić information content (AvgIpc) is 2.78. The quantitative estimate of drug-likeness (QED) is 0.474. The number of carbonyl (C=O) groups excluding carboxylic acids is 3. The predicted molar refractivity (Wildman–Crippen MR) is 138 cm³/mol. The smallest absolute Gasteiger partial charge is 0.407 e. The molecular formula is C27H35N3O7. The second-order valence-electron chi connectivity index (χ2n) is 10.3. The van der Waals surface area contributed by atoms with E-state index in [-0.39, 0.29) is 13.1 Å². The summed E-state index contributed by atoms with van der Waals surface area (Å²) in [7, 11) is 0. The molecule has 0 aliphatic carbocycles. The minimum absolute atomic E-state index is 0.00846. The molecule has 0 aromatic heterocycles. The van der Waals surface area contributed by atoms with E-state index in [4.69, 9.17) is 9.47 Å². The van der Waals surface area contributed by atoms with Gasteiger partial charge >= 0.3 is 18.2 Å². The molecule has 10 nitrogen and oxygen atoms in total. The van der Waals surface area contributed by atoms with E-state index in [2.05, 4.69) is 10.6 Å². The van der Waals surface area contributed by atoms with Gasteiger partial charge in [-0.2, -0.15) is 0 Å². The van der Waals surface area contributed by atoms with E-state index in [9.17, 15) is 24.3 Å². The molecule has 0 aliphatic rings. The van der Waals surface area contributed by atoms with Crippen molar-refractivity contribution in [3.05, 3.63) is 65.2 Å². The van der Waals surface area contributed by atoms with Crippen LogP contribution in [0.5, 0.6) is 0 Å². The van der Waals surface area contributed by atoms with Gasteiger partial charge < -0.3 is 25.2 Å². The first-order chi connectivity index (χ1) is 17.1. The normalized spacial score (nSPS) is 11.3. The van der Waals surface area contributed by atoms with Crippen molar-refractivity contribution >= 4 is 29.8 Å². The Morgan fingerprint density at radius 3 is 1.78 bits per heavy atom. The van der Waals surface area contributed by atoms with Gasteiger partial charge in [0.2, 0.25) is 0 Å². The fourth-order valence-corrected chi connectivity index (χ4v) is 3.23. The number of carboxylic acid groups (broad SMARTS) is 1. The van der Waals surface area contributed by atoms with Crippen molar-refractivity contribution in [2.75, 3.05) is 11.4 Å². The minimum atomic E-state index is -1.19. The molecule has 0 saturated heterocycles. The van der Waals surface area contributed by atoms with E-state index in [0.29, 0.717) is 22.4 Å². The maximum absolute atomic E-state index is 13.1. The molecule has 0 radical (unpaired) electrons. The zero-order chi connectivity index (χ0) is 27.8. The van der Waals surface area contributed by atoms with Gasteiger partial charge in [0.25, 0.3) is 5.91 Å². The molecule has 0 fully saturated rings. The second-order valence-corrected chi connectivity index (χ2v) is 10.3. The average molecular weight is 514 g/mol. The first kappa shape index (κ1) is 29.2. The second kappa shape index (κ2) is 12.2. The Balaban J connectivity index is 2.37. The number of aliphatic carboxylic acids is 1. The monoisotopic (exact) mass is 513 g/mol. The molecule has 0 spiro atoms. The lowest BCUT2D eigenvalue weighted by Gasteiger charge is -2.24. The molecule has 0 atom stereocenters. The minimum Gasteiger partial charge on any atom is -0.480 e. The van der Waals surface area contributed by atoms with Gasteiger partial charge in [0.05, 0.1) is 0 Å². The van der Waals surface area contributed by atoms with E-state index in [1.165, 1.54) is 0 Å². The van der Waals surface area contributed by atoms with Crippen LogP contribution in [0.4, 0.5) is 15.3 Å². The molecule has 0 aliphatic heterocycles. The largest absolute Gasteiger partial charge is 0.480 e. The van der Waals surface area contributed by atoms with Gasteiger partial charge in [0.15, 0.2) is 0 Å². The summed E-state index contributed by atoms with van der Waals surface area (Å²) < 4.78 is 10.6. The third-order valence-electron chi connectivity index (χ3n) is 4.70.